The number of hydrogen-bond donors (Lipinski definition) is 0. The minimum absolute atomic E-state index is 0.0770. The largest absolute Gasteiger partial charge is 0.458 e. The van der Waals surface area contributed by atoms with E-state index in [9.17, 15) is 19.3 Å². The van der Waals surface area contributed by atoms with E-state index >= 15 is 0 Å². The van der Waals surface area contributed by atoms with Gasteiger partial charge in [0.05, 0.1) is 5.56 Å². The Morgan fingerprint density at radius 3 is 2.82 bits per heavy atom. The average Bonchev–Trinajstić information content (AvgIpc) is 2.83. The third-order valence-electron chi connectivity index (χ3n) is 3.18. The van der Waals surface area contributed by atoms with Crippen LogP contribution in [0, 0.1) is 29.8 Å². The maximum atomic E-state index is 13.4. The topological polar surface area (TPSA) is 87.3 Å². The first kappa shape index (κ1) is 15.6. The predicted octanol–water partition coefficient (Wildman–Crippen LogP) is 2.40. The van der Waals surface area contributed by atoms with Crippen LogP contribution in [0.25, 0.3) is 0 Å². The standard InChI is InChI=1S/C14H14FN3O4/c1-9-3-4-11(7-12(9)15)14(19)22-6-5-17-10(2)16-8-13(17)18(20)21/h3-4,7-8H,5-6H2,1-2H3. The SMILES string of the molecule is Cc1ccc(C(=O)OCCn2c([N+](=O)[O-])cnc2C)cc1F. The summed E-state index contributed by atoms with van der Waals surface area (Å²) in [5, 5.41) is 10.8. The van der Waals surface area contributed by atoms with Crippen molar-refractivity contribution in [1.29, 1.82) is 0 Å². The van der Waals surface area contributed by atoms with Crippen LogP contribution in [0.4, 0.5) is 10.2 Å². The van der Waals surface area contributed by atoms with Crippen molar-refractivity contribution < 1.29 is 18.8 Å². The highest BCUT2D eigenvalue weighted by molar-refractivity contribution is 5.89. The van der Waals surface area contributed by atoms with Crippen molar-refractivity contribution in [2.45, 2.75) is 20.4 Å². The fourth-order valence-electron chi connectivity index (χ4n) is 1.91. The molecule has 0 spiro atoms. The molecule has 1 aromatic carbocycles. The lowest BCUT2D eigenvalue weighted by molar-refractivity contribution is -0.392. The Kier molecular flexibility index (Phi) is 4.50. The summed E-state index contributed by atoms with van der Waals surface area (Å²) >= 11 is 0. The van der Waals surface area contributed by atoms with Gasteiger partial charge in [0.2, 0.25) is 0 Å². The second kappa shape index (κ2) is 6.33. The minimum atomic E-state index is -0.681. The Hall–Kier alpha value is -2.77. The Balaban J connectivity index is 1.99. The van der Waals surface area contributed by atoms with E-state index < -0.39 is 16.7 Å². The van der Waals surface area contributed by atoms with Gasteiger partial charge in [0.1, 0.15) is 25.2 Å². The molecule has 0 bridgehead atoms. The number of nitrogens with zero attached hydrogens (tertiary/aromatic N) is 3. The van der Waals surface area contributed by atoms with Gasteiger partial charge in [-0.15, -0.1) is 0 Å². The molecule has 0 atom stereocenters. The minimum Gasteiger partial charge on any atom is -0.458 e. The van der Waals surface area contributed by atoms with Crippen molar-refractivity contribution >= 4 is 11.8 Å². The van der Waals surface area contributed by atoms with Crippen LogP contribution in [0.5, 0.6) is 0 Å². The smallest absolute Gasteiger partial charge is 0.342 e. The van der Waals surface area contributed by atoms with E-state index in [0.717, 1.165) is 12.3 Å². The van der Waals surface area contributed by atoms with Crippen LogP contribution >= 0.6 is 0 Å². The van der Waals surface area contributed by atoms with Crippen LogP contribution in [0.2, 0.25) is 0 Å². The van der Waals surface area contributed by atoms with E-state index in [1.807, 2.05) is 0 Å². The number of benzene rings is 1. The molecule has 8 heteroatoms. The molecule has 7 nitrogen and oxygen atoms in total. The number of halogens is 1. The lowest BCUT2D eigenvalue weighted by atomic mass is 10.1. The maximum absolute atomic E-state index is 13.4. The third kappa shape index (κ3) is 3.27. The van der Waals surface area contributed by atoms with E-state index in [4.69, 9.17) is 4.74 Å². The Morgan fingerprint density at radius 2 is 2.18 bits per heavy atom. The van der Waals surface area contributed by atoms with Crippen molar-refractivity contribution in [2.24, 2.45) is 0 Å². The number of aryl methyl sites for hydroxylation is 2. The molecule has 2 aromatic rings. The van der Waals surface area contributed by atoms with Gasteiger partial charge < -0.3 is 14.9 Å². The highest BCUT2D eigenvalue weighted by Gasteiger charge is 2.18. The fraction of sp³-hybridized carbons (Fsp3) is 0.286. The lowest BCUT2D eigenvalue weighted by Gasteiger charge is -2.06. The van der Waals surface area contributed by atoms with Crippen LogP contribution in [0.1, 0.15) is 21.7 Å². The molecule has 0 unspecified atom stereocenters. The molecule has 0 fully saturated rings. The molecule has 22 heavy (non-hydrogen) atoms. The quantitative estimate of drug-likeness (QED) is 0.481. The van der Waals surface area contributed by atoms with Gasteiger partial charge in [0, 0.05) is 6.92 Å². The highest BCUT2D eigenvalue weighted by Crippen LogP contribution is 2.14. The van der Waals surface area contributed by atoms with E-state index in [1.54, 1.807) is 13.8 Å². The summed E-state index contributed by atoms with van der Waals surface area (Å²) in [6, 6.07) is 4.05. The summed E-state index contributed by atoms with van der Waals surface area (Å²) in [6.07, 6.45) is 1.15. The van der Waals surface area contributed by atoms with Crippen LogP contribution in [0.15, 0.2) is 24.4 Å². The van der Waals surface area contributed by atoms with Crippen molar-refractivity contribution in [1.82, 2.24) is 9.55 Å². The molecule has 0 aliphatic rings. The van der Waals surface area contributed by atoms with E-state index in [2.05, 4.69) is 4.98 Å². The van der Waals surface area contributed by atoms with Gasteiger partial charge in [-0.1, -0.05) is 6.07 Å². The number of ether oxygens (including phenoxy) is 1. The number of aromatic nitrogens is 2. The summed E-state index contributed by atoms with van der Waals surface area (Å²) in [5.74, 6) is -0.895. The van der Waals surface area contributed by atoms with Gasteiger partial charge in [-0.2, -0.15) is 0 Å². The van der Waals surface area contributed by atoms with Crippen molar-refractivity contribution in [3.05, 3.63) is 57.3 Å². The molecule has 0 aliphatic heterocycles. The summed E-state index contributed by atoms with van der Waals surface area (Å²) < 4.78 is 19.7. The summed E-state index contributed by atoms with van der Waals surface area (Å²) in [5.41, 5.74) is 0.529. The fourth-order valence-corrected chi connectivity index (χ4v) is 1.91. The predicted molar refractivity (Wildman–Crippen MR) is 75.0 cm³/mol. The Labute approximate surface area is 125 Å². The molecule has 2 rings (SSSR count). The van der Waals surface area contributed by atoms with E-state index in [0.29, 0.717) is 11.4 Å². The van der Waals surface area contributed by atoms with E-state index in [-0.39, 0.29) is 24.5 Å². The van der Waals surface area contributed by atoms with Crippen molar-refractivity contribution in [3.8, 4) is 0 Å². The number of carbonyl (C=O) groups is 1. The number of hydrogen-bond acceptors (Lipinski definition) is 5. The molecule has 0 saturated carbocycles. The number of rotatable bonds is 5. The normalized spacial score (nSPS) is 10.5. The Morgan fingerprint density at radius 1 is 1.45 bits per heavy atom. The molecule has 0 N–H and O–H groups in total. The molecule has 0 saturated heterocycles. The van der Waals surface area contributed by atoms with Gasteiger partial charge in [-0.05, 0) is 29.5 Å². The first-order valence-corrected chi connectivity index (χ1v) is 6.50. The van der Waals surface area contributed by atoms with Gasteiger partial charge in [-0.3, -0.25) is 0 Å². The molecular formula is C14H14FN3O4. The van der Waals surface area contributed by atoms with Crippen molar-refractivity contribution in [3.63, 3.8) is 0 Å². The second-order valence-electron chi connectivity index (χ2n) is 4.67. The van der Waals surface area contributed by atoms with Gasteiger partial charge in [0.15, 0.2) is 5.82 Å². The molecule has 116 valence electrons. The molecular weight excluding hydrogens is 293 g/mol. The van der Waals surface area contributed by atoms with Crippen LogP contribution in [-0.2, 0) is 11.3 Å². The lowest BCUT2D eigenvalue weighted by Crippen LogP contribution is -2.14. The molecule has 0 aliphatic carbocycles. The number of imidazole rings is 1. The van der Waals surface area contributed by atoms with Crippen molar-refractivity contribution in [2.75, 3.05) is 6.61 Å². The number of carbonyl (C=O) groups excluding carboxylic acids is 1. The third-order valence-corrected chi connectivity index (χ3v) is 3.18. The van der Waals surface area contributed by atoms with Gasteiger partial charge >= 0.3 is 11.8 Å². The summed E-state index contributed by atoms with van der Waals surface area (Å²) in [4.78, 5) is 25.9. The number of nitro groups is 1. The average molecular weight is 307 g/mol. The summed E-state index contributed by atoms with van der Waals surface area (Å²) in [7, 11) is 0. The maximum Gasteiger partial charge on any atom is 0.342 e. The highest BCUT2D eigenvalue weighted by atomic mass is 19.1. The zero-order chi connectivity index (χ0) is 16.3. The number of esters is 1. The molecule has 1 heterocycles. The summed E-state index contributed by atoms with van der Waals surface area (Å²) in [6.45, 7) is 3.23. The van der Waals surface area contributed by atoms with Crippen LogP contribution in [-0.4, -0.2) is 27.1 Å². The zero-order valence-electron chi connectivity index (χ0n) is 12.1. The zero-order valence-corrected chi connectivity index (χ0v) is 12.1. The van der Waals surface area contributed by atoms with Gasteiger partial charge in [-0.25, -0.2) is 18.7 Å². The molecule has 1 aromatic heterocycles. The first-order chi connectivity index (χ1) is 10.4. The molecule has 0 amide bonds. The van der Waals surface area contributed by atoms with Crippen LogP contribution < -0.4 is 0 Å². The Bertz CT molecular complexity index is 727. The first-order valence-electron chi connectivity index (χ1n) is 6.50. The second-order valence-corrected chi connectivity index (χ2v) is 4.67. The van der Waals surface area contributed by atoms with E-state index in [1.165, 1.54) is 16.7 Å². The van der Waals surface area contributed by atoms with Crippen LogP contribution in [0.3, 0.4) is 0 Å². The monoisotopic (exact) mass is 307 g/mol. The molecule has 0 radical (unpaired) electrons. The van der Waals surface area contributed by atoms with Gasteiger partial charge in [0.25, 0.3) is 0 Å².